The highest BCUT2D eigenvalue weighted by atomic mass is 16.3. The lowest BCUT2D eigenvalue weighted by atomic mass is 9.85. The summed E-state index contributed by atoms with van der Waals surface area (Å²) in [5.74, 6) is 0. The van der Waals surface area contributed by atoms with Gasteiger partial charge < -0.3 is 4.42 Å². The molecular weight excluding hydrogens is 593 g/mol. The van der Waals surface area contributed by atoms with E-state index in [1.54, 1.807) is 12.1 Å². The zero-order valence-corrected chi connectivity index (χ0v) is 25.7. The van der Waals surface area contributed by atoms with Gasteiger partial charge in [0, 0.05) is 10.8 Å². The van der Waals surface area contributed by atoms with Gasteiger partial charge in [-0.3, -0.25) is 0 Å². The zero-order valence-electron chi connectivity index (χ0n) is 38.7. The summed E-state index contributed by atoms with van der Waals surface area (Å²) in [6, 6.07) is 25.3. The maximum atomic E-state index is 9.24. The van der Waals surface area contributed by atoms with Crippen LogP contribution in [0.2, 0.25) is 0 Å². The molecule has 9 aromatic carbocycles. The van der Waals surface area contributed by atoms with E-state index < -0.39 is 84.1 Å². The molecule has 0 N–H and O–H groups in total. The van der Waals surface area contributed by atoms with Crippen LogP contribution in [0.4, 0.5) is 0 Å². The van der Waals surface area contributed by atoms with Crippen LogP contribution in [0, 0.1) is 0 Å². The molecule has 0 bridgehead atoms. The fourth-order valence-electron chi connectivity index (χ4n) is 6.89. The van der Waals surface area contributed by atoms with Crippen LogP contribution in [0.3, 0.4) is 0 Å². The molecule has 0 aliphatic carbocycles. The summed E-state index contributed by atoms with van der Waals surface area (Å²) in [4.78, 5) is 0. The molecule has 0 aliphatic rings. The molecule has 1 aromatic heterocycles. The molecule has 10 rings (SSSR count). The molecule has 0 atom stereocenters. The molecule has 0 saturated heterocycles. The predicted octanol–water partition coefficient (Wildman–Crippen LogP) is 13.7. The second kappa shape index (κ2) is 11.1. The van der Waals surface area contributed by atoms with Crippen LogP contribution in [0.25, 0.3) is 98.8 Å². The Hall–Kier alpha value is -6.44. The topological polar surface area (TPSA) is 13.1 Å². The lowest BCUT2D eigenvalue weighted by molar-refractivity contribution is 0.669. The van der Waals surface area contributed by atoms with Crippen molar-refractivity contribution in [3.8, 4) is 44.5 Å². The van der Waals surface area contributed by atoms with E-state index in [2.05, 4.69) is 30.3 Å². The summed E-state index contributed by atoms with van der Waals surface area (Å²) in [6.45, 7) is 0. The number of fused-ring (bicyclic) bond motifs is 6. The molecule has 0 fully saturated rings. The Morgan fingerprint density at radius 1 is 0.327 bits per heavy atom. The highest BCUT2D eigenvalue weighted by molar-refractivity contribution is 6.21. The number of hydrogen-bond donors (Lipinski definition) is 0. The minimum Gasteiger partial charge on any atom is -0.456 e. The van der Waals surface area contributed by atoms with Crippen LogP contribution in [0.15, 0.2) is 186 Å². The van der Waals surface area contributed by atoms with Gasteiger partial charge >= 0.3 is 0 Å². The van der Waals surface area contributed by atoms with Gasteiger partial charge in [-0.15, -0.1) is 0 Å². The van der Waals surface area contributed by atoms with E-state index in [4.69, 9.17) is 16.8 Å². The van der Waals surface area contributed by atoms with E-state index in [9.17, 15) is 5.48 Å². The first kappa shape index (κ1) is 17.6. The Bertz CT molecular complexity index is 3510. The van der Waals surface area contributed by atoms with Crippen molar-refractivity contribution >= 4 is 54.3 Å². The molecule has 1 heteroatoms. The van der Waals surface area contributed by atoms with E-state index in [1.165, 1.54) is 0 Å². The van der Waals surface area contributed by atoms with E-state index in [0.29, 0.717) is 5.56 Å². The van der Waals surface area contributed by atoms with Crippen molar-refractivity contribution in [2.24, 2.45) is 0 Å². The van der Waals surface area contributed by atoms with Crippen LogP contribution in [0.5, 0.6) is 0 Å². The lowest BCUT2D eigenvalue weighted by Crippen LogP contribution is -1.90. The van der Waals surface area contributed by atoms with Crippen molar-refractivity contribution < 1.29 is 22.2 Å². The Morgan fingerprint density at radius 3 is 1.55 bits per heavy atom. The molecule has 0 spiro atoms. The van der Waals surface area contributed by atoms with Gasteiger partial charge in [0.05, 0.1) is 17.8 Å². The van der Waals surface area contributed by atoms with Gasteiger partial charge in [-0.05, 0) is 113 Å². The number of hydrogen-bond acceptors (Lipinski definition) is 1. The predicted molar refractivity (Wildman–Crippen MR) is 208 cm³/mol. The van der Waals surface area contributed by atoms with Crippen molar-refractivity contribution in [1.82, 2.24) is 0 Å². The van der Waals surface area contributed by atoms with Crippen LogP contribution in [-0.4, -0.2) is 0 Å². The third kappa shape index (κ3) is 4.55. The smallest absolute Gasteiger partial charge is 0.136 e. The maximum absolute atomic E-state index is 9.24. The minimum atomic E-state index is -0.711. The highest BCUT2D eigenvalue weighted by Crippen LogP contribution is 2.44. The van der Waals surface area contributed by atoms with Crippen molar-refractivity contribution in [1.29, 1.82) is 0 Å². The molecule has 1 nitrogen and oxygen atoms in total. The molecule has 0 saturated carbocycles. The summed E-state index contributed by atoms with van der Waals surface area (Å²) in [5.41, 5.74) is 5.26. The third-order valence-electron chi connectivity index (χ3n) is 9.17. The average Bonchev–Trinajstić information content (AvgIpc) is 3.66. The van der Waals surface area contributed by atoms with E-state index in [1.807, 2.05) is 60.7 Å². The third-order valence-corrected chi connectivity index (χ3v) is 9.17. The van der Waals surface area contributed by atoms with Gasteiger partial charge in [0.2, 0.25) is 0 Å². The van der Waals surface area contributed by atoms with E-state index in [0.717, 1.165) is 55.0 Å². The monoisotopic (exact) mass is 635 g/mol. The molecule has 1 heterocycles. The normalized spacial score (nSPS) is 15.4. The fourth-order valence-corrected chi connectivity index (χ4v) is 6.89. The first-order valence-electron chi connectivity index (χ1n) is 22.3. The number of rotatable bonds is 4. The maximum Gasteiger partial charge on any atom is 0.136 e. The van der Waals surface area contributed by atoms with Gasteiger partial charge in [-0.1, -0.05) is 145 Å². The molecule has 0 aliphatic heterocycles. The standard InChI is InChI=1S/C48H30O/c1-3-11-31(12-4-1)37-23-25-39-44-29-36(24-26-45(44)49-46(39)30-37)34-19-20-35-28-38(22-21-33(35)27-34)48-42-17-9-7-15-40(42)47(32-13-5-2-6-14-32)41-16-8-10-18-43(41)48/h1-30H/i2D,5D,6D,7D,8D,9D,10D,13D,14D,15D,16D,17D,18D. The molecule has 0 unspecified atom stereocenters. The van der Waals surface area contributed by atoms with Gasteiger partial charge in [-0.25, -0.2) is 0 Å². The summed E-state index contributed by atoms with van der Waals surface area (Å²) in [5, 5.41) is 2.78. The summed E-state index contributed by atoms with van der Waals surface area (Å²) in [6.07, 6.45) is 0. The van der Waals surface area contributed by atoms with Gasteiger partial charge in [-0.2, -0.15) is 0 Å². The first-order chi connectivity index (χ1) is 29.7. The van der Waals surface area contributed by atoms with Gasteiger partial charge in [0.25, 0.3) is 0 Å². The Labute approximate surface area is 302 Å². The molecule has 228 valence electrons. The Kier molecular flexibility index (Phi) is 3.99. The van der Waals surface area contributed by atoms with Crippen LogP contribution < -0.4 is 0 Å². The summed E-state index contributed by atoms with van der Waals surface area (Å²) >= 11 is 0. The minimum absolute atomic E-state index is 0.0869. The second-order valence-electron chi connectivity index (χ2n) is 11.9. The average molecular weight is 636 g/mol. The molecule has 49 heavy (non-hydrogen) atoms. The van der Waals surface area contributed by atoms with Gasteiger partial charge in [0.15, 0.2) is 0 Å². The van der Waals surface area contributed by atoms with Crippen LogP contribution in [0.1, 0.15) is 17.8 Å². The van der Waals surface area contributed by atoms with Gasteiger partial charge in [0.1, 0.15) is 11.2 Å². The molecule has 0 radical (unpaired) electrons. The zero-order chi connectivity index (χ0) is 43.6. The SMILES string of the molecule is [2H]c1c([2H])c([2H])c(-c2c3c([2H])c([2H])c([2H])c([2H])c3c(-c3ccc4cc(-c5ccc6oc7cc(-c8ccccc8)ccc7c6c5)ccc4c3)c3c([2H])c([2H])c([2H])c([2H])c23)c([2H])c1[2H]. The summed E-state index contributed by atoms with van der Waals surface area (Å²) < 4.78 is 121. The summed E-state index contributed by atoms with van der Waals surface area (Å²) in [7, 11) is 0. The van der Waals surface area contributed by atoms with Crippen LogP contribution >= 0.6 is 0 Å². The lowest BCUT2D eigenvalue weighted by Gasteiger charge is -2.18. The molecule has 0 amide bonds. The fraction of sp³-hybridized carbons (Fsp3) is 0. The number of benzene rings is 9. The van der Waals surface area contributed by atoms with Crippen molar-refractivity contribution in [3.63, 3.8) is 0 Å². The van der Waals surface area contributed by atoms with Crippen molar-refractivity contribution in [3.05, 3.63) is 182 Å². The van der Waals surface area contributed by atoms with Crippen molar-refractivity contribution in [2.75, 3.05) is 0 Å². The largest absolute Gasteiger partial charge is 0.456 e. The van der Waals surface area contributed by atoms with E-state index >= 15 is 0 Å². The second-order valence-corrected chi connectivity index (χ2v) is 11.9. The van der Waals surface area contributed by atoms with Crippen molar-refractivity contribution in [2.45, 2.75) is 0 Å². The molecular formula is C48H30O. The van der Waals surface area contributed by atoms with Crippen LogP contribution in [-0.2, 0) is 0 Å². The van der Waals surface area contributed by atoms with E-state index in [-0.39, 0.29) is 32.7 Å². The Morgan fingerprint density at radius 2 is 0.857 bits per heavy atom. The first-order valence-corrected chi connectivity index (χ1v) is 15.8. The molecule has 10 aromatic rings. The number of furan rings is 1. The Balaban J connectivity index is 1.20. The highest BCUT2D eigenvalue weighted by Gasteiger charge is 2.17. The quantitative estimate of drug-likeness (QED) is 0.175.